The van der Waals surface area contributed by atoms with Crippen molar-refractivity contribution in [1.29, 1.82) is 0 Å². The third kappa shape index (κ3) is 4.52. The summed E-state index contributed by atoms with van der Waals surface area (Å²) >= 11 is 1.28. The lowest BCUT2D eigenvalue weighted by molar-refractivity contribution is 0.432. The van der Waals surface area contributed by atoms with Crippen LogP contribution in [0.25, 0.3) is 21.3 Å². The highest BCUT2D eigenvalue weighted by molar-refractivity contribution is 7.93. The van der Waals surface area contributed by atoms with Crippen LogP contribution in [-0.4, -0.2) is 65.6 Å². The molecule has 3 aromatic rings. The van der Waals surface area contributed by atoms with Crippen LogP contribution in [-0.2, 0) is 19.9 Å². The van der Waals surface area contributed by atoms with Gasteiger partial charge in [-0.2, -0.15) is 5.11 Å². The summed E-state index contributed by atoms with van der Waals surface area (Å²) in [6.45, 7) is 0.186. The second-order valence-corrected chi connectivity index (χ2v) is 12.2. The number of azo groups is 1. The van der Waals surface area contributed by atoms with Crippen LogP contribution in [0.5, 0.6) is 0 Å². The van der Waals surface area contributed by atoms with Crippen LogP contribution in [0.4, 0.5) is 5.13 Å². The van der Waals surface area contributed by atoms with E-state index < -0.39 is 29.7 Å². The highest BCUT2D eigenvalue weighted by Crippen LogP contribution is 2.39. The third-order valence-electron chi connectivity index (χ3n) is 4.95. The van der Waals surface area contributed by atoms with Crippen molar-refractivity contribution >= 4 is 52.4 Å². The predicted octanol–water partition coefficient (Wildman–Crippen LogP) is 1.70. The number of nitrogens with zero attached hydrogens (tertiary/aromatic N) is 5. The maximum Gasteiger partial charge on any atom is 0.240 e. The number of hydrogen-bond donors (Lipinski definition) is 2. The Balaban J connectivity index is 2.09. The van der Waals surface area contributed by atoms with E-state index in [1.165, 1.54) is 23.5 Å². The Kier molecular flexibility index (Phi) is 6.05. The number of aromatic nitrogens is 1. The normalized spacial score (nSPS) is 14.4. The lowest BCUT2D eigenvalue weighted by Gasteiger charge is -2.18. The average molecular weight is 508 g/mol. The number of aliphatic imine (C=N–C) groups is 1. The molecule has 2 aromatic carbocycles. The number of para-hydroxylation sites is 1. The van der Waals surface area contributed by atoms with Crippen LogP contribution in [0.15, 0.2) is 55.3 Å². The minimum Gasteiger partial charge on any atom is -0.375 e. The van der Waals surface area contributed by atoms with Gasteiger partial charge < -0.3 is 10.6 Å². The zero-order valence-corrected chi connectivity index (χ0v) is 20.2. The Hall–Kier alpha value is -2.78. The van der Waals surface area contributed by atoms with Gasteiger partial charge in [-0.15, -0.1) is 5.11 Å². The smallest absolute Gasteiger partial charge is 0.240 e. The van der Waals surface area contributed by atoms with Crippen molar-refractivity contribution in [2.24, 2.45) is 20.4 Å². The number of nitrogen functional groups attached to an aromatic ring is 1. The summed E-state index contributed by atoms with van der Waals surface area (Å²) in [7, 11) is -5.10. The Morgan fingerprint density at radius 2 is 1.85 bits per heavy atom. The average Bonchev–Trinajstić information content (AvgIpc) is 3.39. The Labute approximate surface area is 194 Å². The number of rotatable bonds is 7. The lowest BCUT2D eigenvalue weighted by Crippen LogP contribution is -2.26. The van der Waals surface area contributed by atoms with Gasteiger partial charge in [0.2, 0.25) is 10.0 Å². The van der Waals surface area contributed by atoms with Crippen LogP contribution in [0, 0.1) is 0 Å². The van der Waals surface area contributed by atoms with Crippen LogP contribution in [0.3, 0.4) is 0 Å². The fraction of sp³-hybridized carbons (Fsp3) is 0.263. The maximum atomic E-state index is 13.2. The molecule has 0 saturated heterocycles. The van der Waals surface area contributed by atoms with Crippen molar-refractivity contribution in [3.8, 4) is 11.1 Å². The standard InChI is InChI=1S/C19H21N7O4S3/c1-26(2)8-9-32(27,28)14-7-6-11(12-4-3-5-13-16(12)24-19(20)31-13)15(17(14)33(21,29)30)18-22-10-23-25-18/h3-7H,8-10H2,1-2H3,(H2,20,24)(H2,21,29,30). The molecule has 0 fully saturated rings. The molecule has 4 N–H and O–H groups in total. The molecular formula is C19H21N7O4S3. The molecule has 0 aliphatic carbocycles. The number of primary sulfonamides is 1. The van der Waals surface area contributed by atoms with Crippen LogP contribution in [0.2, 0.25) is 0 Å². The summed E-state index contributed by atoms with van der Waals surface area (Å²) in [5, 5.41) is 13.7. The molecule has 14 heteroatoms. The minimum atomic E-state index is -4.52. The molecule has 1 aliphatic heterocycles. The largest absolute Gasteiger partial charge is 0.375 e. The molecular weight excluding hydrogens is 486 g/mol. The van der Waals surface area contributed by atoms with E-state index in [4.69, 9.17) is 10.9 Å². The van der Waals surface area contributed by atoms with E-state index in [0.717, 1.165) is 4.70 Å². The number of benzene rings is 2. The number of fused-ring (bicyclic) bond motifs is 1. The van der Waals surface area contributed by atoms with Crippen molar-refractivity contribution in [3.63, 3.8) is 0 Å². The van der Waals surface area contributed by atoms with Gasteiger partial charge in [0.1, 0.15) is 4.90 Å². The number of sulfone groups is 1. The Morgan fingerprint density at radius 1 is 1.09 bits per heavy atom. The zero-order valence-electron chi connectivity index (χ0n) is 17.8. The molecule has 0 unspecified atom stereocenters. The Bertz CT molecular complexity index is 1520. The lowest BCUT2D eigenvalue weighted by atomic mass is 9.98. The van der Waals surface area contributed by atoms with Gasteiger partial charge >= 0.3 is 0 Å². The monoisotopic (exact) mass is 507 g/mol. The van der Waals surface area contributed by atoms with Crippen molar-refractivity contribution < 1.29 is 16.8 Å². The van der Waals surface area contributed by atoms with Gasteiger partial charge in [-0.3, -0.25) is 0 Å². The van der Waals surface area contributed by atoms with Gasteiger partial charge in [0.25, 0.3) is 0 Å². The molecule has 1 aromatic heterocycles. The topological polar surface area (TPSA) is 174 Å². The SMILES string of the molecule is CN(C)CCS(=O)(=O)c1ccc(-c2cccc3sc(N)nc23)c(C2=NCN=N2)c1S(N)(=O)=O. The summed E-state index contributed by atoms with van der Waals surface area (Å²) in [4.78, 5) is 9.26. The van der Waals surface area contributed by atoms with Gasteiger partial charge in [-0.1, -0.05) is 29.5 Å². The molecule has 0 atom stereocenters. The van der Waals surface area contributed by atoms with Crippen LogP contribution in [0.1, 0.15) is 5.56 Å². The summed E-state index contributed by atoms with van der Waals surface area (Å²) < 4.78 is 52.7. The van der Waals surface area contributed by atoms with E-state index in [1.807, 2.05) is 6.07 Å². The molecule has 2 heterocycles. The van der Waals surface area contributed by atoms with E-state index in [1.54, 1.807) is 31.1 Å². The zero-order chi connectivity index (χ0) is 24.0. The van der Waals surface area contributed by atoms with Crippen molar-refractivity contribution in [2.45, 2.75) is 9.79 Å². The van der Waals surface area contributed by atoms with E-state index in [2.05, 4.69) is 20.2 Å². The van der Waals surface area contributed by atoms with Crippen LogP contribution >= 0.6 is 11.3 Å². The fourth-order valence-corrected chi connectivity index (χ4v) is 7.30. The number of thiazole rings is 1. The first-order valence-corrected chi connectivity index (χ1v) is 13.7. The summed E-state index contributed by atoms with van der Waals surface area (Å²) in [5.41, 5.74) is 7.31. The second kappa shape index (κ2) is 8.53. The minimum absolute atomic E-state index is 0.00963. The van der Waals surface area contributed by atoms with Crippen molar-refractivity contribution in [1.82, 2.24) is 9.88 Å². The quantitative estimate of drug-likeness (QED) is 0.489. The van der Waals surface area contributed by atoms with E-state index in [-0.39, 0.29) is 30.4 Å². The van der Waals surface area contributed by atoms with Gasteiger partial charge in [-0.25, -0.2) is 32.0 Å². The first-order chi connectivity index (χ1) is 15.5. The highest BCUT2D eigenvalue weighted by atomic mass is 32.2. The number of sulfonamides is 1. The Morgan fingerprint density at radius 3 is 2.48 bits per heavy atom. The first-order valence-electron chi connectivity index (χ1n) is 9.64. The highest BCUT2D eigenvalue weighted by Gasteiger charge is 2.33. The summed E-state index contributed by atoms with van der Waals surface area (Å²) in [6.07, 6.45) is 0. The fourth-order valence-electron chi connectivity index (χ4n) is 3.49. The number of amidine groups is 1. The molecule has 0 amide bonds. The van der Waals surface area contributed by atoms with Crippen LogP contribution < -0.4 is 10.9 Å². The predicted molar refractivity (Wildman–Crippen MR) is 128 cm³/mol. The molecule has 174 valence electrons. The number of anilines is 1. The van der Waals surface area contributed by atoms with Gasteiger partial charge in [-0.05, 0) is 31.8 Å². The maximum absolute atomic E-state index is 13.2. The van der Waals surface area contributed by atoms with Crippen molar-refractivity contribution in [2.75, 3.05) is 38.8 Å². The molecule has 11 nitrogen and oxygen atoms in total. The van der Waals surface area contributed by atoms with E-state index in [9.17, 15) is 16.8 Å². The molecule has 0 spiro atoms. The van der Waals surface area contributed by atoms with E-state index >= 15 is 0 Å². The second-order valence-electron chi connectivity index (χ2n) is 7.55. The summed E-state index contributed by atoms with van der Waals surface area (Å²) in [6, 6.07) is 8.12. The molecule has 33 heavy (non-hydrogen) atoms. The van der Waals surface area contributed by atoms with E-state index in [0.29, 0.717) is 21.8 Å². The molecule has 1 aliphatic rings. The molecule has 0 bridgehead atoms. The molecule has 0 saturated carbocycles. The van der Waals surface area contributed by atoms with Gasteiger partial charge in [0.05, 0.1) is 26.4 Å². The number of hydrogen-bond acceptors (Lipinski definition) is 11. The van der Waals surface area contributed by atoms with Crippen molar-refractivity contribution in [3.05, 3.63) is 35.9 Å². The summed E-state index contributed by atoms with van der Waals surface area (Å²) in [5.74, 6) is -0.313. The molecule has 0 radical (unpaired) electrons. The van der Waals surface area contributed by atoms with Gasteiger partial charge in [0, 0.05) is 12.1 Å². The first kappa shape index (κ1) is 23.4. The molecule has 4 rings (SSSR count). The van der Waals surface area contributed by atoms with Gasteiger partial charge in [0.15, 0.2) is 27.5 Å². The third-order valence-corrected chi connectivity index (χ3v) is 8.65. The number of nitrogens with two attached hydrogens (primary N) is 2.